The van der Waals surface area contributed by atoms with Crippen LogP contribution >= 0.6 is 65.9 Å². The highest BCUT2D eigenvalue weighted by atomic mass is 79.9. The minimum Gasteiger partial charge on any atom is -0.508 e. The minimum absolute atomic E-state index is 0. The van der Waals surface area contributed by atoms with Crippen molar-refractivity contribution >= 4 is 109 Å². The van der Waals surface area contributed by atoms with Gasteiger partial charge in [0, 0.05) is 60.6 Å². The van der Waals surface area contributed by atoms with Crippen molar-refractivity contribution in [3.05, 3.63) is 292 Å². The molecule has 492 valence electrons. The van der Waals surface area contributed by atoms with Crippen molar-refractivity contribution in [2.24, 2.45) is 0 Å². The fourth-order valence-corrected chi connectivity index (χ4v) is 14.0. The number of rotatable bonds is 11. The first kappa shape index (κ1) is 76.5. The quantitative estimate of drug-likeness (QED) is 0.112. The molecule has 14 aromatic rings. The smallest absolute Gasteiger partial charge is 0.488 e. The van der Waals surface area contributed by atoms with Crippen LogP contribution in [0.15, 0.2) is 287 Å². The van der Waals surface area contributed by atoms with Gasteiger partial charge in [-0.15, -0.1) is 34.0 Å². The molecule has 3 N–H and O–H groups in total. The van der Waals surface area contributed by atoms with Crippen molar-refractivity contribution in [3.63, 3.8) is 0 Å². The number of ether oxygens (including phenoxy) is 3. The Hall–Kier alpha value is -8.56. The molecule has 0 unspecified atom stereocenters. The van der Waals surface area contributed by atoms with Crippen LogP contribution in [-0.4, -0.2) is 43.6 Å². The third kappa shape index (κ3) is 21.0. The number of thiophene rings is 3. The Morgan fingerprint density at radius 2 is 0.688 bits per heavy atom. The fraction of sp³-hybridized carbons (Fsp3) is 0.143. The zero-order chi connectivity index (χ0) is 68.1. The van der Waals surface area contributed by atoms with Crippen LogP contribution in [0.3, 0.4) is 0 Å². The molecule has 0 aliphatic heterocycles. The van der Waals surface area contributed by atoms with Crippen LogP contribution in [0.1, 0.15) is 60.8 Å². The highest BCUT2D eigenvalue weighted by Gasteiger charge is 2.14. The number of phenolic OH excluding ortho intramolecular Hbond substituents is 1. The molecule has 0 saturated heterocycles. The van der Waals surface area contributed by atoms with Crippen LogP contribution < -0.4 is 19.7 Å². The van der Waals surface area contributed by atoms with E-state index in [0.29, 0.717) is 11.2 Å². The Balaban J connectivity index is 0.000000190. The summed E-state index contributed by atoms with van der Waals surface area (Å²) in [5.41, 5.74) is 14.9. The van der Waals surface area contributed by atoms with Crippen LogP contribution in [0.2, 0.25) is 0 Å². The second kappa shape index (κ2) is 40.1. The predicted octanol–water partition coefficient (Wildman–Crippen LogP) is 25.3. The normalized spacial score (nSPS) is 9.98. The molecule has 3 aromatic heterocycles. The van der Waals surface area contributed by atoms with Gasteiger partial charge in [0.05, 0.1) is 21.3 Å². The highest BCUT2D eigenvalue weighted by Crippen LogP contribution is 2.40. The van der Waals surface area contributed by atoms with E-state index in [9.17, 15) is 5.11 Å². The number of halogens is 2. The number of hydrogen-bond donors (Lipinski definition) is 3. The predicted molar refractivity (Wildman–Crippen MR) is 428 cm³/mol. The molecular formula is C84H85BBr2O6S3. The Labute approximate surface area is 598 Å². The zero-order valence-electron chi connectivity index (χ0n) is 55.4. The van der Waals surface area contributed by atoms with Gasteiger partial charge in [0.1, 0.15) is 23.0 Å². The summed E-state index contributed by atoms with van der Waals surface area (Å²) < 4.78 is 21.8. The van der Waals surface area contributed by atoms with E-state index in [1.165, 1.54) is 84.1 Å². The number of fused-ring (bicyclic) bond motifs is 3. The molecule has 3 heterocycles. The number of benzene rings is 11. The molecule has 0 bridgehead atoms. The topological polar surface area (TPSA) is 88.4 Å². The van der Waals surface area contributed by atoms with E-state index in [1.807, 2.05) is 138 Å². The first-order valence-electron chi connectivity index (χ1n) is 31.7. The molecule has 0 aliphatic carbocycles. The Morgan fingerprint density at radius 1 is 0.365 bits per heavy atom. The van der Waals surface area contributed by atoms with Crippen LogP contribution in [0.4, 0.5) is 0 Å². The largest absolute Gasteiger partial charge is 0.508 e. The maximum atomic E-state index is 9.43. The van der Waals surface area contributed by atoms with Crippen molar-refractivity contribution < 1.29 is 29.4 Å². The lowest BCUT2D eigenvalue weighted by molar-refractivity contribution is 0.415. The lowest BCUT2D eigenvalue weighted by Crippen LogP contribution is -2.29. The molecule has 6 nitrogen and oxygen atoms in total. The molecular weight excluding hydrogens is 1370 g/mol. The van der Waals surface area contributed by atoms with Gasteiger partial charge >= 0.3 is 7.12 Å². The van der Waals surface area contributed by atoms with Gasteiger partial charge in [-0.1, -0.05) is 260 Å². The molecule has 0 saturated carbocycles. The van der Waals surface area contributed by atoms with Gasteiger partial charge in [0.2, 0.25) is 0 Å². The van der Waals surface area contributed by atoms with Crippen LogP contribution in [0.5, 0.6) is 23.0 Å². The second-order valence-corrected chi connectivity index (χ2v) is 25.1. The van der Waals surface area contributed by atoms with Gasteiger partial charge in [-0.2, -0.15) is 0 Å². The van der Waals surface area contributed by atoms with Gasteiger partial charge in [-0.25, -0.2) is 0 Å². The summed E-state index contributed by atoms with van der Waals surface area (Å²) in [7, 11) is 3.58. The van der Waals surface area contributed by atoms with Gasteiger partial charge in [0.15, 0.2) is 0 Å². The molecule has 0 radical (unpaired) electrons. The Morgan fingerprint density at radius 3 is 1.09 bits per heavy atom. The van der Waals surface area contributed by atoms with Crippen LogP contribution in [0.25, 0.3) is 97.0 Å². The third-order valence-electron chi connectivity index (χ3n) is 14.8. The lowest BCUT2D eigenvalue weighted by atomic mass is 9.80. The molecule has 96 heavy (non-hydrogen) atoms. The molecule has 0 spiro atoms. The molecule has 0 aliphatic rings. The summed E-state index contributed by atoms with van der Waals surface area (Å²) >= 11 is 12.4. The van der Waals surface area contributed by atoms with Crippen molar-refractivity contribution in [1.82, 2.24) is 0 Å². The van der Waals surface area contributed by atoms with Gasteiger partial charge in [0.25, 0.3) is 0 Å². The van der Waals surface area contributed by atoms with E-state index in [4.69, 9.17) is 24.3 Å². The van der Waals surface area contributed by atoms with Crippen molar-refractivity contribution in [2.75, 3.05) is 21.3 Å². The summed E-state index contributed by atoms with van der Waals surface area (Å²) in [6.45, 7) is 14.2. The number of phenols is 1. The van der Waals surface area contributed by atoms with Crippen LogP contribution in [0, 0.1) is 0 Å². The monoisotopic (exact) mass is 1450 g/mol. The number of hydrogen-bond acceptors (Lipinski definition) is 9. The van der Waals surface area contributed by atoms with Gasteiger partial charge in [-0.3, -0.25) is 0 Å². The van der Waals surface area contributed by atoms with Crippen molar-refractivity contribution in [2.45, 2.75) is 62.3 Å². The number of aromatic hydroxyl groups is 1. The average Bonchev–Trinajstić information content (AvgIpc) is 1.54. The maximum Gasteiger partial charge on any atom is 0.488 e. The second-order valence-electron chi connectivity index (χ2n) is 20.4. The minimum atomic E-state index is -1.42. The Kier molecular flexibility index (Phi) is 31.9. The lowest BCUT2D eigenvalue weighted by Gasteiger charge is -2.07. The first-order chi connectivity index (χ1) is 46.5. The third-order valence-corrected chi connectivity index (χ3v) is 19.5. The number of methoxy groups -OCH3 is 3. The van der Waals surface area contributed by atoms with Gasteiger partial charge < -0.3 is 29.4 Å². The first-order valence-corrected chi connectivity index (χ1v) is 35.9. The van der Waals surface area contributed by atoms with E-state index in [-0.39, 0.29) is 7.43 Å². The standard InChI is InChI=1S/C22H18OS.C21H16OS.C13H13BO3.C13H11BrO.C8H5BrS.3C2H6.CH4/c1-2-20-22(19-5-3-4-6-21(19)24-20)17-9-7-15(8-10-17)16-11-13-18(23)14-12-16;1-22-18-12-10-16(11-13-18)15-6-8-17(9-7-15)20-14-23-21-5-3-2-4-19(20)21;1-17-13-8-4-11(5-9-13)10-2-6-12(7-3-10)14(15)16;1-15-13-8-4-11(5-9-13)10-2-6-12(14)7-3-10;9-7-5-10-8-4-2-1-3-6(7)8;3*1-2;/h3-14,23H,2H2,1H3;2-14H,1H3;2-9,15-16H,1H3;2-9H,1H3;1-5H;3*1-2H3;1H4. The molecule has 11 aromatic carbocycles. The molecule has 0 fully saturated rings. The summed E-state index contributed by atoms with van der Waals surface area (Å²) in [6.07, 6.45) is 1.05. The van der Waals surface area contributed by atoms with E-state index in [0.717, 1.165) is 50.4 Å². The fourth-order valence-electron chi connectivity index (χ4n) is 9.97. The van der Waals surface area contributed by atoms with Gasteiger partial charge in [-0.05, 0) is 168 Å². The molecule has 0 atom stereocenters. The zero-order valence-corrected chi connectivity index (χ0v) is 61.0. The van der Waals surface area contributed by atoms with E-state index in [2.05, 4.69) is 207 Å². The van der Waals surface area contributed by atoms with E-state index in [1.54, 1.807) is 68.3 Å². The van der Waals surface area contributed by atoms with E-state index >= 15 is 0 Å². The SMILES string of the molecule is Brc1csc2ccccc12.C.CC.CC.CC.CCc1sc2ccccc2c1-c1ccc(-c2ccc(O)cc2)cc1.COc1ccc(-c2ccc(-c3csc4ccccc34)cc2)cc1.COc1ccc(-c2ccc(B(O)O)cc2)cc1.COc1ccc(-c2ccc(Br)cc2)cc1. The summed E-state index contributed by atoms with van der Waals surface area (Å²) in [5, 5.41) is 35.8. The molecule has 0 amide bonds. The van der Waals surface area contributed by atoms with Crippen molar-refractivity contribution in [3.8, 4) is 89.8 Å². The van der Waals surface area contributed by atoms with Crippen LogP contribution in [-0.2, 0) is 6.42 Å². The Bertz CT molecular complexity index is 4490. The summed E-state index contributed by atoms with van der Waals surface area (Å²) in [6, 6.07) is 89.7. The summed E-state index contributed by atoms with van der Waals surface area (Å²) in [5.74, 6) is 2.88. The summed E-state index contributed by atoms with van der Waals surface area (Å²) in [4.78, 5) is 1.44. The maximum absolute atomic E-state index is 9.43. The van der Waals surface area contributed by atoms with Crippen molar-refractivity contribution in [1.29, 1.82) is 0 Å². The molecule has 14 rings (SSSR count). The van der Waals surface area contributed by atoms with E-state index < -0.39 is 7.12 Å². The average molecular weight is 1460 g/mol. The molecule has 12 heteroatoms. The highest BCUT2D eigenvalue weighted by molar-refractivity contribution is 9.11. The number of aryl methyl sites for hydroxylation is 1.